The third-order valence-electron chi connectivity index (χ3n) is 5.65. The van der Waals surface area contributed by atoms with Crippen LogP contribution >= 0.6 is 11.6 Å². The van der Waals surface area contributed by atoms with E-state index in [0.717, 1.165) is 44.1 Å². The number of aryl methyl sites for hydroxylation is 2. The van der Waals surface area contributed by atoms with E-state index in [2.05, 4.69) is 13.8 Å². The summed E-state index contributed by atoms with van der Waals surface area (Å²) in [6.07, 6.45) is 14.8. The van der Waals surface area contributed by atoms with Crippen LogP contribution in [-0.2, 0) is 22.4 Å². The van der Waals surface area contributed by atoms with E-state index >= 15 is 0 Å². The smallest absolute Gasteiger partial charge is 0.346 e. The highest BCUT2D eigenvalue weighted by molar-refractivity contribution is 6.27. The van der Waals surface area contributed by atoms with Gasteiger partial charge in [-0.1, -0.05) is 84.1 Å². The maximum atomic E-state index is 12.6. The molecule has 0 aliphatic carbocycles. The lowest BCUT2D eigenvalue weighted by Gasteiger charge is -2.14. The van der Waals surface area contributed by atoms with Crippen LogP contribution in [0.4, 0.5) is 0 Å². The number of carbonyl (C=O) groups excluding carboxylic acids is 2. The fraction of sp³-hybridized carbons (Fsp3) is 0.654. The van der Waals surface area contributed by atoms with E-state index in [1.165, 1.54) is 44.9 Å². The van der Waals surface area contributed by atoms with Crippen LogP contribution in [0.3, 0.4) is 0 Å². The second-order valence-corrected chi connectivity index (χ2v) is 8.68. The third-order valence-corrected chi connectivity index (χ3v) is 5.87. The molecule has 0 aliphatic rings. The van der Waals surface area contributed by atoms with Gasteiger partial charge in [-0.05, 0) is 42.9 Å². The normalized spacial score (nSPS) is 10.8. The van der Waals surface area contributed by atoms with Gasteiger partial charge in [0.2, 0.25) is 0 Å². The number of carbonyl (C=O) groups is 3. The van der Waals surface area contributed by atoms with Gasteiger partial charge in [0.25, 0.3) is 0 Å². The quantitative estimate of drug-likeness (QED) is 0.114. The Morgan fingerprint density at radius 2 is 1.34 bits per heavy atom. The highest BCUT2D eigenvalue weighted by atomic mass is 35.5. The van der Waals surface area contributed by atoms with Gasteiger partial charge in [-0.3, -0.25) is 4.79 Å². The number of carboxylic acids is 1. The first kappa shape index (κ1) is 28.2. The first-order valence-corrected chi connectivity index (χ1v) is 12.7. The van der Waals surface area contributed by atoms with Crippen LogP contribution < -0.4 is 0 Å². The van der Waals surface area contributed by atoms with Gasteiger partial charge in [0.05, 0.1) is 11.1 Å². The lowest BCUT2D eigenvalue weighted by molar-refractivity contribution is -0.135. The molecule has 0 amide bonds. The number of benzene rings is 1. The molecule has 1 N–H and O–H groups in total. The van der Waals surface area contributed by atoms with E-state index in [0.29, 0.717) is 12.0 Å². The summed E-state index contributed by atoms with van der Waals surface area (Å²) >= 11 is 5.45. The molecule has 1 aromatic rings. The molecule has 32 heavy (non-hydrogen) atoms. The van der Waals surface area contributed by atoms with Crippen LogP contribution in [-0.4, -0.2) is 28.9 Å². The topological polar surface area (TPSA) is 80.7 Å². The Hall–Kier alpha value is -1.88. The lowest BCUT2D eigenvalue weighted by atomic mass is 9.92. The highest BCUT2D eigenvalue weighted by Gasteiger charge is 2.25. The predicted molar refractivity (Wildman–Crippen MR) is 129 cm³/mol. The third kappa shape index (κ3) is 10.6. The average molecular weight is 467 g/mol. The van der Waals surface area contributed by atoms with E-state index in [9.17, 15) is 19.5 Å². The minimum absolute atomic E-state index is 0.0174. The molecule has 0 saturated carbocycles. The summed E-state index contributed by atoms with van der Waals surface area (Å²) in [4.78, 5) is 36.1. The SMILES string of the molecule is CCCCCCCCc1cc(CCCCCCCC)c(C(=O)OC(=O)CCl)c(C(=O)O)c1. The van der Waals surface area contributed by atoms with Crippen LogP contribution in [0.25, 0.3) is 0 Å². The molecule has 0 bridgehead atoms. The number of unbranched alkanes of at least 4 members (excludes halogenated alkanes) is 10. The summed E-state index contributed by atoms with van der Waals surface area (Å²) in [7, 11) is 0. The van der Waals surface area contributed by atoms with Gasteiger partial charge in [-0.15, -0.1) is 11.6 Å². The van der Waals surface area contributed by atoms with Crippen molar-refractivity contribution in [3.8, 4) is 0 Å². The maximum absolute atomic E-state index is 12.6. The van der Waals surface area contributed by atoms with E-state index in [1.54, 1.807) is 6.07 Å². The minimum atomic E-state index is -1.19. The predicted octanol–water partition coefficient (Wildman–Crippen LogP) is 7.11. The van der Waals surface area contributed by atoms with Gasteiger partial charge in [0.1, 0.15) is 5.88 Å². The highest BCUT2D eigenvalue weighted by Crippen LogP contribution is 2.24. The molecule has 0 saturated heterocycles. The molecule has 1 aromatic carbocycles. The van der Waals surface area contributed by atoms with Crippen molar-refractivity contribution in [2.24, 2.45) is 0 Å². The van der Waals surface area contributed by atoms with Gasteiger partial charge >= 0.3 is 17.9 Å². The second kappa shape index (κ2) is 16.7. The minimum Gasteiger partial charge on any atom is -0.478 e. The second-order valence-electron chi connectivity index (χ2n) is 8.41. The van der Waals surface area contributed by atoms with E-state index in [4.69, 9.17) is 16.3 Å². The van der Waals surface area contributed by atoms with Gasteiger partial charge in [-0.2, -0.15) is 0 Å². The number of hydrogen-bond acceptors (Lipinski definition) is 4. The zero-order valence-electron chi connectivity index (χ0n) is 19.7. The van der Waals surface area contributed by atoms with Crippen LogP contribution in [0.5, 0.6) is 0 Å². The van der Waals surface area contributed by atoms with Crippen molar-refractivity contribution in [3.05, 3.63) is 34.4 Å². The van der Waals surface area contributed by atoms with Crippen LogP contribution in [0, 0.1) is 0 Å². The largest absolute Gasteiger partial charge is 0.478 e. The summed E-state index contributed by atoms with van der Waals surface area (Å²) in [5, 5.41) is 9.77. The van der Waals surface area contributed by atoms with Crippen molar-refractivity contribution in [2.45, 2.75) is 104 Å². The average Bonchev–Trinajstić information content (AvgIpc) is 2.77. The molecule has 0 aliphatic heterocycles. The maximum Gasteiger partial charge on any atom is 0.346 e. The Bertz CT molecular complexity index is 729. The number of alkyl halides is 1. The Kier molecular flexibility index (Phi) is 14.7. The van der Waals surface area contributed by atoms with Crippen LogP contribution in [0.15, 0.2) is 12.1 Å². The Balaban J connectivity index is 3.02. The van der Waals surface area contributed by atoms with Crippen LogP contribution in [0.1, 0.15) is 123 Å². The summed E-state index contributed by atoms with van der Waals surface area (Å²) < 4.78 is 4.78. The number of ether oxygens (including phenoxy) is 1. The molecule has 180 valence electrons. The fourth-order valence-corrected chi connectivity index (χ4v) is 3.96. The molecule has 5 nitrogen and oxygen atoms in total. The number of aromatic carboxylic acids is 1. The number of carboxylic acid groups (broad SMARTS) is 1. The number of rotatable bonds is 17. The Morgan fingerprint density at radius 3 is 1.88 bits per heavy atom. The monoisotopic (exact) mass is 466 g/mol. The van der Waals surface area contributed by atoms with Crippen molar-refractivity contribution in [1.29, 1.82) is 0 Å². The molecule has 0 atom stereocenters. The molecular formula is C26H39ClO5. The van der Waals surface area contributed by atoms with Gasteiger partial charge < -0.3 is 9.84 Å². The van der Waals surface area contributed by atoms with Gasteiger partial charge in [-0.25, -0.2) is 9.59 Å². The molecule has 6 heteroatoms. The van der Waals surface area contributed by atoms with E-state index in [-0.39, 0.29) is 11.1 Å². The van der Waals surface area contributed by atoms with Gasteiger partial charge in [0.15, 0.2) is 0 Å². The Labute approximate surface area is 197 Å². The van der Waals surface area contributed by atoms with Crippen molar-refractivity contribution in [3.63, 3.8) is 0 Å². The lowest BCUT2D eigenvalue weighted by Crippen LogP contribution is -2.19. The fourth-order valence-electron chi connectivity index (χ4n) is 3.91. The molecule has 0 fully saturated rings. The standard InChI is InChI=1S/C26H39ClO5/c1-3-5-7-9-11-13-15-20-17-21(16-14-12-10-8-6-4-2)24(22(18-20)25(29)30)26(31)32-23(28)19-27/h17-18H,3-16,19H2,1-2H3,(H,29,30). The number of esters is 2. The molecule has 0 heterocycles. The zero-order chi connectivity index (χ0) is 23.8. The number of hydrogen-bond donors (Lipinski definition) is 1. The summed E-state index contributed by atoms with van der Waals surface area (Å²) in [5.41, 5.74) is 1.45. The summed E-state index contributed by atoms with van der Waals surface area (Å²) in [6.45, 7) is 4.36. The van der Waals surface area contributed by atoms with Gasteiger partial charge in [0, 0.05) is 0 Å². The number of halogens is 1. The molecule has 0 unspecified atom stereocenters. The molecule has 0 aromatic heterocycles. The van der Waals surface area contributed by atoms with Crippen molar-refractivity contribution >= 4 is 29.5 Å². The molecule has 1 rings (SSSR count). The van der Waals surface area contributed by atoms with Crippen molar-refractivity contribution in [2.75, 3.05) is 5.88 Å². The van der Waals surface area contributed by atoms with E-state index in [1.807, 2.05) is 6.07 Å². The first-order chi connectivity index (χ1) is 15.4. The first-order valence-electron chi connectivity index (χ1n) is 12.1. The Morgan fingerprint density at radius 1 is 0.812 bits per heavy atom. The van der Waals surface area contributed by atoms with Crippen molar-refractivity contribution < 1.29 is 24.2 Å². The summed E-state index contributed by atoms with van der Waals surface area (Å²) in [6, 6.07) is 3.48. The van der Waals surface area contributed by atoms with Crippen molar-refractivity contribution in [1.82, 2.24) is 0 Å². The zero-order valence-corrected chi connectivity index (χ0v) is 20.5. The molecule has 0 radical (unpaired) electrons. The molecular weight excluding hydrogens is 428 g/mol. The van der Waals surface area contributed by atoms with Crippen LogP contribution in [0.2, 0.25) is 0 Å². The summed E-state index contributed by atoms with van der Waals surface area (Å²) in [5.74, 6) is -3.46. The molecule has 0 spiro atoms. The van der Waals surface area contributed by atoms with E-state index < -0.39 is 23.8 Å².